The molecule has 8 nitrogen and oxygen atoms in total. The smallest absolute Gasteiger partial charge is 0.248 e. The second kappa shape index (κ2) is 10.8. The SMILES string of the molecule is COc1cccc(COc2nc(N3CCC(N(C)C)C3)ncc2Sc2ccc(C(N)=O)cc2)c1. The number of carbonyl (C=O) groups excluding carboxylic acids is 1. The number of nitrogens with two attached hydrogens (primary N) is 1. The highest BCUT2D eigenvalue weighted by atomic mass is 32.2. The number of aromatic nitrogens is 2. The zero-order chi connectivity index (χ0) is 24.1. The van der Waals surface area contributed by atoms with E-state index >= 15 is 0 Å². The average Bonchev–Trinajstić information content (AvgIpc) is 3.35. The molecule has 2 N–H and O–H groups in total. The lowest BCUT2D eigenvalue weighted by Gasteiger charge is -2.21. The van der Waals surface area contributed by atoms with Crippen molar-refractivity contribution in [3.8, 4) is 11.6 Å². The van der Waals surface area contributed by atoms with E-state index in [1.165, 1.54) is 11.8 Å². The summed E-state index contributed by atoms with van der Waals surface area (Å²) in [5.74, 6) is 1.51. The van der Waals surface area contributed by atoms with E-state index in [4.69, 9.17) is 20.2 Å². The van der Waals surface area contributed by atoms with Crippen molar-refractivity contribution in [1.82, 2.24) is 14.9 Å². The Bertz CT molecular complexity index is 1140. The molecule has 34 heavy (non-hydrogen) atoms. The van der Waals surface area contributed by atoms with Crippen LogP contribution < -0.4 is 20.1 Å². The Balaban J connectivity index is 1.57. The summed E-state index contributed by atoms with van der Waals surface area (Å²) in [5, 5.41) is 0. The summed E-state index contributed by atoms with van der Waals surface area (Å²) >= 11 is 1.48. The molecule has 1 atom stereocenters. The molecule has 1 aliphatic heterocycles. The lowest BCUT2D eigenvalue weighted by atomic mass is 10.2. The maximum absolute atomic E-state index is 11.4. The van der Waals surface area contributed by atoms with Crippen LogP contribution in [-0.2, 0) is 6.61 Å². The summed E-state index contributed by atoms with van der Waals surface area (Å²) in [7, 11) is 5.84. The van der Waals surface area contributed by atoms with E-state index in [0.29, 0.717) is 30.0 Å². The number of rotatable bonds is 9. The van der Waals surface area contributed by atoms with Crippen LogP contribution in [0.25, 0.3) is 0 Å². The number of amides is 1. The van der Waals surface area contributed by atoms with Gasteiger partial charge in [0, 0.05) is 29.6 Å². The summed E-state index contributed by atoms with van der Waals surface area (Å²) in [6, 6.07) is 15.4. The summed E-state index contributed by atoms with van der Waals surface area (Å²) < 4.78 is 11.5. The molecular weight excluding hydrogens is 450 g/mol. The van der Waals surface area contributed by atoms with Crippen LogP contribution in [0.3, 0.4) is 0 Å². The highest BCUT2D eigenvalue weighted by Gasteiger charge is 2.26. The first-order chi connectivity index (χ1) is 16.4. The molecule has 1 fully saturated rings. The number of primary amides is 1. The average molecular weight is 480 g/mol. The zero-order valence-electron chi connectivity index (χ0n) is 19.6. The van der Waals surface area contributed by atoms with Crippen LogP contribution in [0, 0.1) is 0 Å². The first-order valence-corrected chi connectivity index (χ1v) is 11.9. The van der Waals surface area contributed by atoms with Gasteiger partial charge in [-0.1, -0.05) is 23.9 Å². The van der Waals surface area contributed by atoms with Gasteiger partial charge in [0.25, 0.3) is 0 Å². The molecule has 1 saturated heterocycles. The second-order valence-electron chi connectivity index (χ2n) is 8.32. The molecular formula is C25H29N5O3S. The highest BCUT2D eigenvalue weighted by Crippen LogP contribution is 2.35. The van der Waals surface area contributed by atoms with Crippen molar-refractivity contribution in [2.24, 2.45) is 5.73 Å². The molecule has 1 unspecified atom stereocenters. The van der Waals surface area contributed by atoms with Crippen LogP contribution in [-0.4, -0.2) is 61.1 Å². The van der Waals surface area contributed by atoms with Crippen molar-refractivity contribution >= 4 is 23.6 Å². The number of ether oxygens (including phenoxy) is 2. The number of hydrogen-bond acceptors (Lipinski definition) is 8. The number of carbonyl (C=O) groups is 1. The lowest BCUT2D eigenvalue weighted by Crippen LogP contribution is -2.32. The van der Waals surface area contributed by atoms with Crippen LogP contribution in [0.1, 0.15) is 22.3 Å². The van der Waals surface area contributed by atoms with E-state index < -0.39 is 5.91 Å². The number of hydrogen-bond donors (Lipinski definition) is 1. The van der Waals surface area contributed by atoms with Gasteiger partial charge < -0.3 is 25.0 Å². The number of likely N-dealkylation sites (N-methyl/N-ethyl adjacent to an activating group) is 1. The molecule has 3 aromatic rings. The molecule has 4 rings (SSSR count). The van der Waals surface area contributed by atoms with Gasteiger partial charge in [-0.3, -0.25) is 4.79 Å². The molecule has 1 amide bonds. The van der Waals surface area contributed by atoms with Gasteiger partial charge in [-0.25, -0.2) is 4.98 Å². The number of benzene rings is 2. The number of nitrogens with zero attached hydrogens (tertiary/aromatic N) is 4. The third-order valence-electron chi connectivity index (χ3n) is 5.76. The molecule has 2 heterocycles. The molecule has 1 aliphatic rings. The fraction of sp³-hybridized carbons (Fsp3) is 0.320. The number of anilines is 1. The van der Waals surface area contributed by atoms with Crippen molar-refractivity contribution in [2.75, 3.05) is 39.2 Å². The first-order valence-electron chi connectivity index (χ1n) is 11.0. The van der Waals surface area contributed by atoms with Gasteiger partial charge in [0.15, 0.2) is 0 Å². The minimum atomic E-state index is -0.451. The molecule has 178 valence electrons. The van der Waals surface area contributed by atoms with Gasteiger partial charge in [-0.2, -0.15) is 4.98 Å². The molecule has 0 radical (unpaired) electrons. The van der Waals surface area contributed by atoms with E-state index in [1.54, 1.807) is 25.4 Å². The summed E-state index contributed by atoms with van der Waals surface area (Å²) in [5.41, 5.74) is 6.81. The lowest BCUT2D eigenvalue weighted by molar-refractivity contribution is 0.1000. The maximum atomic E-state index is 11.4. The minimum absolute atomic E-state index is 0.349. The van der Waals surface area contributed by atoms with Crippen LogP contribution in [0.4, 0.5) is 5.95 Å². The third-order valence-corrected chi connectivity index (χ3v) is 6.77. The second-order valence-corrected chi connectivity index (χ2v) is 9.44. The quantitative estimate of drug-likeness (QED) is 0.499. The largest absolute Gasteiger partial charge is 0.497 e. The van der Waals surface area contributed by atoms with E-state index in [2.05, 4.69) is 28.9 Å². The van der Waals surface area contributed by atoms with Gasteiger partial charge in [-0.15, -0.1) is 0 Å². The predicted octanol–water partition coefficient (Wildman–Crippen LogP) is 3.45. The molecule has 9 heteroatoms. The molecule has 1 aromatic heterocycles. The van der Waals surface area contributed by atoms with Crippen LogP contribution >= 0.6 is 11.8 Å². The Morgan fingerprint density at radius 3 is 2.71 bits per heavy atom. The Morgan fingerprint density at radius 1 is 1.24 bits per heavy atom. The first kappa shape index (κ1) is 23.8. The molecule has 2 aromatic carbocycles. The zero-order valence-corrected chi connectivity index (χ0v) is 20.4. The Morgan fingerprint density at radius 2 is 2.03 bits per heavy atom. The summed E-state index contributed by atoms with van der Waals surface area (Å²) in [4.78, 5) is 27.0. The summed E-state index contributed by atoms with van der Waals surface area (Å²) in [6.45, 7) is 2.13. The normalized spacial score (nSPS) is 15.5. The van der Waals surface area contributed by atoms with Crippen LogP contribution in [0.15, 0.2) is 64.5 Å². The van der Waals surface area contributed by atoms with Crippen molar-refractivity contribution in [2.45, 2.75) is 28.9 Å². The third kappa shape index (κ3) is 5.78. The van der Waals surface area contributed by atoms with E-state index in [1.807, 2.05) is 36.4 Å². The van der Waals surface area contributed by atoms with Crippen molar-refractivity contribution < 1.29 is 14.3 Å². The van der Waals surface area contributed by atoms with Gasteiger partial charge in [-0.05, 0) is 62.5 Å². The van der Waals surface area contributed by atoms with E-state index in [9.17, 15) is 4.79 Å². The fourth-order valence-electron chi connectivity index (χ4n) is 3.75. The Kier molecular flexibility index (Phi) is 7.54. The van der Waals surface area contributed by atoms with E-state index in [-0.39, 0.29) is 0 Å². The van der Waals surface area contributed by atoms with Gasteiger partial charge in [0.05, 0.1) is 18.2 Å². The molecule has 0 spiro atoms. The Hall–Kier alpha value is -3.30. The van der Waals surface area contributed by atoms with Crippen LogP contribution in [0.2, 0.25) is 0 Å². The molecule has 0 aliphatic carbocycles. The highest BCUT2D eigenvalue weighted by molar-refractivity contribution is 7.99. The topological polar surface area (TPSA) is 93.8 Å². The Labute approximate surface area is 204 Å². The predicted molar refractivity (Wildman–Crippen MR) is 133 cm³/mol. The van der Waals surface area contributed by atoms with E-state index in [0.717, 1.165) is 40.6 Å². The molecule has 0 bridgehead atoms. The standard InChI is InChI=1S/C25H29N5O3S/c1-29(2)19-11-12-30(15-19)25-27-14-22(34-21-9-7-18(8-10-21)23(26)31)24(28-25)33-16-17-5-4-6-20(13-17)32-3/h4-10,13-14,19H,11-12,15-16H2,1-3H3,(H2,26,31). The molecule has 0 saturated carbocycles. The maximum Gasteiger partial charge on any atom is 0.248 e. The van der Waals surface area contributed by atoms with Crippen molar-refractivity contribution in [3.63, 3.8) is 0 Å². The van der Waals surface area contributed by atoms with Gasteiger partial charge >= 0.3 is 0 Å². The van der Waals surface area contributed by atoms with Gasteiger partial charge in [0.1, 0.15) is 12.4 Å². The summed E-state index contributed by atoms with van der Waals surface area (Å²) in [6.07, 6.45) is 2.87. The minimum Gasteiger partial charge on any atom is -0.497 e. The van der Waals surface area contributed by atoms with Crippen molar-refractivity contribution in [1.29, 1.82) is 0 Å². The van der Waals surface area contributed by atoms with Gasteiger partial charge in [0.2, 0.25) is 17.7 Å². The monoisotopic (exact) mass is 479 g/mol. The number of methoxy groups -OCH3 is 1. The van der Waals surface area contributed by atoms with Crippen molar-refractivity contribution in [3.05, 3.63) is 65.9 Å². The fourth-order valence-corrected chi connectivity index (χ4v) is 4.57. The van der Waals surface area contributed by atoms with Crippen LogP contribution in [0.5, 0.6) is 11.6 Å².